The van der Waals surface area contributed by atoms with Gasteiger partial charge in [-0.2, -0.15) is 60.7 Å². The monoisotopic (exact) mass is 528 g/mol. The van der Waals surface area contributed by atoms with E-state index in [1.165, 1.54) is 0 Å². The van der Waals surface area contributed by atoms with Crippen molar-refractivity contribution in [3.05, 3.63) is 0 Å². The second kappa shape index (κ2) is 8.76. The molecular weight excluding hydrogens is 514 g/mol. The lowest BCUT2D eigenvalue weighted by atomic mass is 9.77. The average molecular weight is 528 g/mol. The molecule has 0 saturated heterocycles. The second-order valence-electron chi connectivity index (χ2n) is 6.30. The average Bonchev–Trinajstić information content (AvgIpc) is 2.46. The van der Waals surface area contributed by atoms with Gasteiger partial charge in [0, 0.05) is 19.4 Å². The van der Waals surface area contributed by atoms with Crippen LogP contribution in [0.15, 0.2) is 0 Å². The first-order chi connectivity index (χ1) is 13.2. The van der Waals surface area contributed by atoms with Crippen LogP contribution in [0.2, 0.25) is 0 Å². The van der Waals surface area contributed by atoms with Gasteiger partial charge in [-0.3, -0.25) is 9.11 Å². The fraction of sp³-hybridized carbons (Fsp3) is 1.00. The van der Waals surface area contributed by atoms with Crippen molar-refractivity contribution in [3.8, 4) is 0 Å². The first-order valence-electron chi connectivity index (χ1n) is 7.38. The minimum atomic E-state index is -6.87. The molecule has 0 aromatic rings. The molecule has 0 radical (unpaired) electrons. The molecule has 0 saturated carbocycles. The van der Waals surface area contributed by atoms with Crippen molar-refractivity contribution >= 4 is 20.2 Å². The lowest BCUT2D eigenvalue weighted by Crippen LogP contribution is -2.64. The van der Waals surface area contributed by atoms with Crippen LogP contribution in [0.1, 0.15) is 12.8 Å². The molecule has 188 valence electrons. The molecule has 8 nitrogen and oxygen atoms in total. The Morgan fingerprint density at radius 3 is 1.45 bits per heavy atom. The third kappa shape index (κ3) is 7.01. The summed E-state index contributed by atoms with van der Waals surface area (Å²) in [4.78, 5) is 0. The minimum Gasteiger partial charge on any atom is -0.396 e. The van der Waals surface area contributed by atoms with Gasteiger partial charge < -0.3 is 10.2 Å². The lowest BCUT2D eigenvalue weighted by Gasteiger charge is -2.44. The molecule has 0 aliphatic carbocycles. The molecule has 0 aromatic heterocycles. The van der Waals surface area contributed by atoms with Crippen LogP contribution in [0.25, 0.3) is 0 Å². The van der Waals surface area contributed by atoms with Crippen molar-refractivity contribution in [1.29, 1.82) is 0 Å². The van der Waals surface area contributed by atoms with Gasteiger partial charge in [0.2, 0.25) is 0 Å². The Labute approximate surface area is 167 Å². The highest BCUT2D eigenvalue weighted by Gasteiger charge is 2.72. The van der Waals surface area contributed by atoms with Crippen LogP contribution >= 0.6 is 0 Å². The lowest BCUT2D eigenvalue weighted by molar-refractivity contribution is -0.322. The number of aliphatic hydroxyl groups excluding tert-OH is 1. The van der Waals surface area contributed by atoms with Crippen molar-refractivity contribution < 1.29 is 80.1 Å². The first kappa shape index (κ1) is 30.0. The Bertz CT molecular complexity index is 835. The van der Waals surface area contributed by atoms with Crippen molar-refractivity contribution in [2.24, 2.45) is 5.92 Å². The zero-order chi connectivity index (χ0) is 25.5. The Hall–Kier alpha value is -0.960. The number of aliphatic hydroxyl groups is 2. The Morgan fingerprint density at radius 1 is 0.774 bits per heavy atom. The van der Waals surface area contributed by atoms with E-state index in [9.17, 15) is 65.8 Å². The molecule has 4 N–H and O–H groups in total. The molecule has 0 heterocycles. The first-order valence-corrected chi connectivity index (χ1v) is 10.5. The molecule has 0 spiro atoms. The number of halogens is 10. The van der Waals surface area contributed by atoms with E-state index in [-0.39, 0.29) is 0 Å². The van der Waals surface area contributed by atoms with Crippen LogP contribution in [0.3, 0.4) is 0 Å². The summed E-state index contributed by atoms with van der Waals surface area (Å²) in [6.45, 7) is -1.87. The van der Waals surface area contributed by atoms with Gasteiger partial charge in [-0.05, 0) is 0 Å². The summed E-state index contributed by atoms with van der Waals surface area (Å²) in [6, 6.07) is 0. The van der Waals surface area contributed by atoms with E-state index in [0.29, 0.717) is 0 Å². The maximum absolute atomic E-state index is 13.9. The third-order valence-corrected chi connectivity index (χ3v) is 6.13. The van der Waals surface area contributed by atoms with Crippen LogP contribution in [-0.4, -0.2) is 83.6 Å². The van der Waals surface area contributed by atoms with Crippen LogP contribution in [-0.2, 0) is 20.2 Å². The van der Waals surface area contributed by atoms with E-state index in [1.807, 2.05) is 0 Å². The Balaban J connectivity index is 7.14. The van der Waals surface area contributed by atoms with Gasteiger partial charge in [-0.15, -0.1) is 0 Å². The summed E-state index contributed by atoms with van der Waals surface area (Å²) in [6.07, 6.45) is -19.1. The van der Waals surface area contributed by atoms with Crippen molar-refractivity contribution in [2.75, 3.05) is 12.4 Å². The normalized spacial score (nSPS) is 19.0. The molecule has 0 rings (SSSR count). The molecule has 0 aromatic carbocycles. The van der Waals surface area contributed by atoms with Crippen molar-refractivity contribution in [1.82, 2.24) is 0 Å². The predicted octanol–water partition coefficient (Wildman–Crippen LogP) is 1.65. The van der Waals surface area contributed by atoms with Crippen molar-refractivity contribution in [2.45, 2.75) is 47.9 Å². The van der Waals surface area contributed by atoms with Crippen LogP contribution in [0.4, 0.5) is 43.9 Å². The molecule has 3 unspecified atom stereocenters. The molecular formula is C11H14F10O8S2. The third-order valence-electron chi connectivity index (χ3n) is 4.08. The van der Waals surface area contributed by atoms with E-state index in [2.05, 4.69) is 0 Å². The summed E-state index contributed by atoms with van der Waals surface area (Å²) in [5.74, 6) is -20.2. The maximum Gasteiger partial charge on any atom is 0.453 e. The molecule has 3 atom stereocenters. The number of hydrogen-bond acceptors (Lipinski definition) is 6. The van der Waals surface area contributed by atoms with Gasteiger partial charge in [-0.1, -0.05) is 0 Å². The highest BCUT2D eigenvalue weighted by atomic mass is 32.2. The zero-order valence-corrected chi connectivity index (χ0v) is 16.1. The number of alkyl halides is 10. The second-order valence-corrected chi connectivity index (χ2v) is 9.39. The van der Waals surface area contributed by atoms with E-state index in [1.54, 1.807) is 0 Å². The van der Waals surface area contributed by atoms with E-state index >= 15 is 0 Å². The Kier molecular flexibility index (Phi) is 8.49. The molecule has 31 heavy (non-hydrogen) atoms. The van der Waals surface area contributed by atoms with Gasteiger partial charge in [-0.25, -0.2) is 0 Å². The quantitative estimate of drug-likeness (QED) is 0.247. The smallest absolute Gasteiger partial charge is 0.396 e. The van der Waals surface area contributed by atoms with Gasteiger partial charge in [0.25, 0.3) is 20.2 Å². The fourth-order valence-corrected chi connectivity index (χ4v) is 4.74. The molecule has 20 heteroatoms. The standard InChI is InChI=1S/C11H14F10O8S2/c12-8(13,10(16,17)18)3-6(31(27,28)29)7(23,1-2-22)5(4-30(24,25)26)9(14,15)11(19,20)21/h5-6,22-23H,1-4H2,(H,24,25,26)(H,27,28,29). The summed E-state index contributed by atoms with van der Waals surface area (Å²) in [5.41, 5.74) is -4.79. The largest absolute Gasteiger partial charge is 0.453 e. The number of hydrogen-bond donors (Lipinski definition) is 4. The topological polar surface area (TPSA) is 149 Å². The maximum atomic E-state index is 13.9. The SMILES string of the molecule is O=S(=O)(O)CC(C(O)(CCO)C(CC(F)(F)C(F)(F)F)S(=O)(=O)O)C(F)(F)C(F)(F)F. The van der Waals surface area contributed by atoms with Crippen molar-refractivity contribution in [3.63, 3.8) is 0 Å². The Morgan fingerprint density at radius 2 is 1.19 bits per heavy atom. The zero-order valence-electron chi connectivity index (χ0n) is 14.5. The van der Waals surface area contributed by atoms with Gasteiger partial charge >= 0.3 is 24.2 Å². The minimum absolute atomic E-state index is 1.87. The van der Waals surface area contributed by atoms with Gasteiger partial charge in [0.05, 0.1) is 17.3 Å². The van der Waals surface area contributed by atoms with Crippen LogP contribution in [0, 0.1) is 5.92 Å². The van der Waals surface area contributed by atoms with Crippen LogP contribution in [0.5, 0.6) is 0 Å². The molecule has 0 aliphatic heterocycles. The summed E-state index contributed by atoms with van der Waals surface area (Å²) in [5, 5.41) is 14.8. The highest BCUT2D eigenvalue weighted by molar-refractivity contribution is 7.86. The summed E-state index contributed by atoms with van der Waals surface area (Å²) >= 11 is 0. The molecule has 0 fully saturated rings. The fourth-order valence-electron chi connectivity index (χ4n) is 2.60. The van der Waals surface area contributed by atoms with E-state index < -0.39 is 86.4 Å². The van der Waals surface area contributed by atoms with Gasteiger partial charge in [0.15, 0.2) is 0 Å². The number of rotatable bonds is 10. The van der Waals surface area contributed by atoms with Crippen LogP contribution < -0.4 is 0 Å². The summed E-state index contributed by atoms with van der Waals surface area (Å²) in [7, 11) is -12.6. The molecule has 0 bridgehead atoms. The van der Waals surface area contributed by atoms with E-state index in [0.717, 1.165) is 0 Å². The highest BCUT2D eigenvalue weighted by Crippen LogP contribution is 2.51. The summed E-state index contributed by atoms with van der Waals surface area (Å²) < 4.78 is 192. The predicted molar refractivity (Wildman–Crippen MR) is 78.5 cm³/mol. The van der Waals surface area contributed by atoms with E-state index in [4.69, 9.17) is 14.2 Å². The molecule has 0 amide bonds. The van der Waals surface area contributed by atoms with Gasteiger partial charge in [0.1, 0.15) is 5.25 Å². The molecule has 0 aliphatic rings.